The predicted molar refractivity (Wildman–Crippen MR) is 142 cm³/mol. The molecule has 2 aromatic carbocycles. The van der Waals surface area contributed by atoms with E-state index in [2.05, 4.69) is 10.3 Å². The van der Waals surface area contributed by atoms with Crippen molar-refractivity contribution in [1.82, 2.24) is 15.2 Å². The zero-order valence-electron chi connectivity index (χ0n) is 21.1. The van der Waals surface area contributed by atoms with Crippen LogP contribution in [0.3, 0.4) is 0 Å². The summed E-state index contributed by atoms with van der Waals surface area (Å²) in [5.41, 5.74) is 4.39. The Kier molecular flexibility index (Phi) is 9.03. The van der Waals surface area contributed by atoms with Crippen molar-refractivity contribution in [1.29, 1.82) is 0 Å². The minimum Gasteiger partial charge on any atom is -0.465 e. The smallest absolute Gasteiger partial charge is 0.337 e. The van der Waals surface area contributed by atoms with Gasteiger partial charge in [-0.2, -0.15) is 0 Å². The fraction of sp³-hybridized carbons (Fsp3) is 0.357. The molecule has 2 amide bonds. The van der Waals surface area contributed by atoms with E-state index in [0.717, 1.165) is 40.2 Å². The fourth-order valence-corrected chi connectivity index (χ4v) is 5.02. The number of amides is 2. The molecule has 1 aromatic heterocycles. The van der Waals surface area contributed by atoms with E-state index < -0.39 is 0 Å². The Morgan fingerprint density at radius 1 is 1.05 bits per heavy atom. The van der Waals surface area contributed by atoms with E-state index in [1.54, 1.807) is 17.0 Å². The van der Waals surface area contributed by atoms with E-state index in [1.807, 2.05) is 48.7 Å². The van der Waals surface area contributed by atoms with Crippen molar-refractivity contribution in [3.63, 3.8) is 0 Å². The number of aromatic nitrogens is 1. The van der Waals surface area contributed by atoms with Crippen LogP contribution in [0.4, 0.5) is 0 Å². The maximum absolute atomic E-state index is 12.7. The SMILES string of the molecule is CCOCC(=O)N1CCC[C@H](C(=O)NCc2nc(-c3ccc(-c4ccc(C(=O)OC)cc4)cc3)cs2)C1. The van der Waals surface area contributed by atoms with Crippen molar-refractivity contribution in [3.8, 4) is 22.4 Å². The zero-order chi connectivity index (χ0) is 26.2. The van der Waals surface area contributed by atoms with Crippen LogP contribution in [0.25, 0.3) is 22.4 Å². The third-order valence-corrected chi connectivity index (χ3v) is 7.21. The standard InChI is InChI=1S/C28H31N3O5S/c1-3-36-17-26(32)31-14-4-5-23(16-31)27(33)29-15-25-30-24(18-37-25)21-10-6-19(7-11-21)20-8-12-22(13-9-20)28(34)35-2/h6-13,18,23H,3-5,14-17H2,1-2H3,(H,29,33)/t23-/m0/s1. The predicted octanol–water partition coefficient (Wildman–Crippen LogP) is 4.16. The molecule has 1 aliphatic rings. The van der Waals surface area contributed by atoms with Gasteiger partial charge in [0.2, 0.25) is 11.8 Å². The normalized spacial score (nSPS) is 15.3. The topological polar surface area (TPSA) is 97.8 Å². The van der Waals surface area contributed by atoms with Crippen molar-refractivity contribution in [2.24, 2.45) is 5.92 Å². The second kappa shape index (κ2) is 12.6. The average Bonchev–Trinajstić information content (AvgIpc) is 3.43. The Morgan fingerprint density at radius 2 is 1.73 bits per heavy atom. The van der Waals surface area contributed by atoms with Gasteiger partial charge < -0.3 is 19.7 Å². The number of ether oxygens (including phenoxy) is 2. The number of nitrogens with zero attached hydrogens (tertiary/aromatic N) is 2. The molecule has 37 heavy (non-hydrogen) atoms. The summed E-state index contributed by atoms with van der Waals surface area (Å²) in [7, 11) is 1.37. The highest BCUT2D eigenvalue weighted by molar-refractivity contribution is 7.09. The third-order valence-electron chi connectivity index (χ3n) is 6.36. The number of benzene rings is 2. The Morgan fingerprint density at radius 3 is 2.41 bits per heavy atom. The first-order chi connectivity index (χ1) is 18.0. The highest BCUT2D eigenvalue weighted by atomic mass is 32.1. The maximum Gasteiger partial charge on any atom is 0.337 e. The molecule has 0 aliphatic carbocycles. The molecule has 8 nitrogen and oxygen atoms in total. The van der Waals surface area contributed by atoms with Gasteiger partial charge in [0.1, 0.15) is 11.6 Å². The number of carbonyl (C=O) groups is 3. The van der Waals surface area contributed by atoms with Gasteiger partial charge in [-0.05, 0) is 43.0 Å². The monoisotopic (exact) mass is 521 g/mol. The van der Waals surface area contributed by atoms with Gasteiger partial charge in [-0.15, -0.1) is 11.3 Å². The van der Waals surface area contributed by atoms with E-state index in [-0.39, 0.29) is 30.3 Å². The summed E-state index contributed by atoms with van der Waals surface area (Å²) in [6.07, 6.45) is 1.58. The Balaban J connectivity index is 1.31. The molecule has 0 bridgehead atoms. The van der Waals surface area contributed by atoms with Crippen LogP contribution in [0.15, 0.2) is 53.9 Å². The van der Waals surface area contributed by atoms with E-state index in [1.165, 1.54) is 18.4 Å². The largest absolute Gasteiger partial charge is 0.465 e. The molecule has 0 unspecified atom stereocenters. The highest BCUT2D eigenvalue weighted by Gasteiger charge is 2.28. The number of rotatable bonds is 9. The number of thiazole rings is 1. The summed E-state index contributed by atoms with van der Waals surface area (Å²) in [4.78, 5) is 43.0. The molecule has 0 saturated carbocycles. The Labute approximate surface area is 220 Å². The molecule has 1 aliphatic heterocycles. The number of piperidine rings is 1. The molecular weight excluding hydrogens is 490 g/mol. The first-order valence-corrected chi connectivity index (χ1v) is 13.2. The van der Waals surface area contributed by atoms with Crippen molar-refractivity contribution < 1.29 is 23.9 Å². The van der Waals surface area contributed by atoms with Crippen LogP contribution in [-0.2, 0) is 25.6 Å². The molecule has 9 heteroatoms. The minimum atomic E-state index is -0.356. The first kappa shape index (κ1) is 26.5. The van der Waals surface area contributed by atoms with E-state index >= 15 is 0 Å². The van der Waals surface area contributed by atoms with Crippen molar-refractivity contribution in [3.05, 3.63) is 64.5 Å². The van der Waals surface area contributed by atoms with Gasteiger partial charge in [0.05, 0.1) is 30.8 Å². The second-order valence-corrected chi connectivity index (χ2v) is 9.75. The molecule has 0 radical (unpaired) electrons. The second-order valence-electron chi connectivity index (χ2n) is 8.81. The molecule has 1 atom stereocenters. The molecule has 3 aromatic rings. The van der Waals surface area contributed by atoms with Gasteiger partial charge in [0.15, 0.2) is 0 Å². The number of nitrogens with one attached hydrogen (secondary N) is 1. The molecule has 1 saturated heterocycles. The molecular formula is C28H31N3O5S. The van der Waals surface area contributed by atoms with Crippen LogP contribution < -0.4 is 5.32 Å². The number of carbonyl (C=O) groups excluding carboxylic acids is 3. The Hall–Kier alpha value is -3.56. The Bertz CT molecular complexity index is 1220. The highest BCUT2D eigenvalue weighted by Crippen LogP contribution is 2.26. The lowest BCUT2D eigenvalue weighted by Gasteiger charge is -2.32. The lowest BCUT2D eigenvalue weighted by atomic mass is 9.97. The van der Waals surface area contributed by atoms with Gasteiger partial charge >= 0.3 is 5.97 Å². The van der Waals surface area contributed by atoms with Crippen molar-refractivity contribution in [2.45, 2.75) is 26.3 Å². The molecule has 1 N–H and O–H groups in total. The number of esters is 1. The maximum atomic E-state index is 12.7. The number of hydrogen-bond donors (Lipinski definition) is 1. The van der Waals surface area contributed by atoms with Crippen LogP contribution >= 0.6 is 11.3 Å². The van der Waals surface area contributed by atoms with Gasteiger partial charge in [0, 0.05) is 30.6 Å². The van der Waals surface area contributed by atoms with E-state index in [4.69, 9.17) is 9.47 Å². The summed E-state index contributed by atoms with van der Waals surface area (Å²) >= 11 is 1.50. The van der Waals surface area contributed by atoms with Crippen LogP contribution in [-0.4, -0.2) is 61.1 Å². The van der Waals surface area contributed by atoms with Crippen LogP contribution in [0.5, 0.6) is 0 Å². The van der Waals surface area contributed by atoms with Gasteiger partial charge in [-0.25, -0.2) is 9.78 Å². The zero-order valence-corrected chi connectivity index (χ0v) is 21.9. The summed E-state index contributed by atoms with van der Waals surface area (Å²) in [6.45, 7) is 3.87. The summed E-state index contributed by atoms with van der Waals surface area (Å²) in [6, 6.07) is 15.3. The first-order valence-electron chi connectivity index (χ1n) is 12.3. The fourth-order valence-electron chi connectivity index (χ4n) is 4.28. The lowest BCUT2D eigenvalue weighted by molar-refractivity contribution is -0.139. The van der Waals surface area contributed by atoms with Crippen molar-refractivity contribution >= 4 is 29.1 Å². The van der Waals surface area contributed by atoms with E-state index in [0.29, 0.717) is 31.8 Å². The average molecular weight is 522 g/mol. The van der Waals surface area contributed by atoms with Gasteiger partial charge in [-0.1, -0.05) is 36.4 Å². The number of likely N-dealkylation sites (tertiary alicyclic amines) is 1. The summed E-state index contributed by atoms with van der Waals surface area (Å²) in [5, 5.41) is 5.80. The molecule has 0 spiro atoms. The molecule has 194 valence electrons. The molecule has 1 fully saturated rings. The quantitative estimate of drug-likeness (QED) is 0.425. The van der Waals surface area contributed by atoms with Crippen molar-refractivity contribution in [2.75, 3.05) is 33.4 Å². The molecule has 4 rings (SSSR count). The summed E-state index contributed by atoms with van der Waals surface area (Å²) in [5.74, 6) is -0.680. The minimum absolute atomic E-state index is 0.0479. The van der Waals surface area contributed by atoms with Gasteiger partial charge in [0.25, 0.3) is 0 Å². The van der Waals surface area contributed by atoms with Crippen LogP contribution in [0.2, 0.25) is 0 Å². The van der Waals surface area contributed by atoms with E-state index in [9.17, 15) is 14.4 Å². The van der Waals surface area contributed by atoms with Crippen LogP contribution in [0.1, 0.15) is 35.1 Å². The molecule has 2 heterocycles. The van der Waals surface area contributed by atoms with Crippen LogP contribution in [0, 0.1) is 5.92 Å². The lowest BCUT2D eigenvalue weighted by Crippen LogP contribution is -2.46. The number of methoxy groups -OCH3 is 1. The third kappa shape index (κ3) is 6.81. The summed E-state index contributed by atoms with van der Waals surface area (Å²) < 4.78 is 9.97. The van der Waals surface area contributed by atoms with Gasteiger partial charge in [-0.3, -0.25) is 9.59 Å². The number of hydrogen-bond acceptors (Lipinski definition) is 7.